The van der Waals surface area contributed by atoms with Crippen molar-refractivity contribution in [2.45, 2.75) is 58.8 Å². The fourth-order valence-electron chi connectivity index (χ4n) is 3.74. The number of carboxylic acids is 1. The van der Waals surface area contributed by atoms with E-state index in [4.69, 9.17) is 9.47 Å². The molecule has 0 amide bonds. The molecule has 1 aliphatic heterocycles. The average molecular weight is 442 g/mol. The molecule has 0 saturated heterocycles. The summed E-state index contributed by atoms with van der Waals surface area (Å²) in [5.41, 5.74) is -0.319. The molecule has 8 heteroatoms. The minimum absolute atomic E-state index is 0.0264. The number of hydrogen-bond acceptors (Lipinski definition) is 7. The van der Waals surface area contributed by atoms with Gasteiger partial charge in [0.05, 0.1) is 0 Å². The standard InChI is InChI=1S/C24H26O8/c1-3-5-7-8-14-20(23(28)29)17(27)12-19-22(14)31-18-11-13(25)10-15(16(26)9-6-4-2)21(18)24(30)32-19/h10-12,25,27H,3-9H2,1-2H3,(H,28,29). The van der Waals surface area contributed by atoms with Crippen LogP contribution in [0.1, 0.15) is 89.0 Å². The summed E-state index contributed by atoms with van der Waals surface area (Å²) in [7, 11) is 0. The number of ether oxygens (including phenoxy) is 2. The number of fused-ring (bicyclic) bond motifs is 2. The van der Waals surface area contributed by atoms with Crippen molar-refractivity contribution in [3.8, 4) is 28.7 Å². The zero-order valence-electron chi connectivity index (χ0n) is 18.1. The number of ketones is 1. The van der Waals surface area contributed by atoms with E-state index in [1.807, 2.05) is 13.8 Å². The number of rotatable bonds is 9. The Hall–Kier alpha value is -3.55. The van der Waals surface area contributed by atoms with E-state index in [0.29, 0.717) is 12.8 Å². The van der Waals surface area contributed by atoms with Gasteiger partial charge in [-0.3, -0.25) is 4.79 Å². The number of carbonyl (C=O) groups excluding carboxylic acids is 2. The van der Waals surface area contributed by atoms with Gasteiger partial charge in [0.25, 0.3) is 0 Å². The van der Waals surface area contributed by atoms with E-state index in [1.54, 1.807) is 0 Å². The summed E-state index contributed by atoms with van der Waals surface area (Å²) in [6, 6.07) is 3.40. The van der Waals surface area contributed by atoms with E-state index in [-0.39, 0.29) is 63.9 Å². The zero-order chi connectivity index (χ0) is 23.4. The molecular formula is C24H26O8. The molecule has 1 aliphatic rings. The Morgan fingerprint density at radius 1 is 0.938 bits per heavy atom. The molecule has 8 nitrogen and oxygen atoms in total. The maximum absolute atomic E-state index is 12.9. The van der Waals surface area contributed by atoms with Crippen molar-refractivity contribution >= 4 is 17.7 Å². The fourth-order valence-corrected chi connectivity index (χ4v) is 3.74. The molecular weight excluding hydrogens is 416 g/mol. The van der Waals surface area contributed by atoms with Gasteiger partial charge in [-0.1, -0.05) is 33.1 Å². The maximum Gasteiger partial charge on any atom is 0.348 e. The minimum atomic E-state index is -1.34. The molecule has 0 atom stereocenters. The molecule has 0 radical (unpaired) electrons. The van der Waals surface area contributed by atoms with Crippen molar-refractivity contribution < 1.29 is 39.2 Å². The molecule has 0 bridgehead atoms. The Morgan fingerprint density at radius 3 is 2.31 bits per heavy atom. The first-order valence-electron chi connectivity index (χ1n) is 10.7. The maximum atomic E-state index is 12.9. The van der Waals surface area contributed by atoms with E-state index >= 15 is 0 Å². The van der Waals surface area contributed by atoms with Crippen LogP contribution in [0.5, 0.6) is 28.7 Å². The molecule has 0 spiro atoms. The Labute approximate surface area is 185 Å². The van der Waals surface area contributed by atoms with Crippen LogP contribution in [-0.4, -0.2) is 33.0 Å². The van der Waals surface area contributed by atoms with Crippen molar-refractivity contribution in [3.63, 3.8) is 0 Å². The van der Waals surface area contributed by atoms with Gasteiger partial charge in [0.15, 0.2) is 17.3 Å². The Balaban J connectivity index is 2.18. The number of phenolic OH excluding ortho intramolecular Hbond substituents is 1. The highest BCUT2D eigenvalue weighted by Crippen LogP contribution is 2.46. The van der Waals surface area contributed by atoms with Crippen molar-refractivity contribution in [1.29, 1.82) is 0 Å². The number of carbonyl (C=O) groups is 3. The first-order valence-corrected chi connectivity index (χ1v) is 10.7. The average Bonchev–Trinajstić information content (AvgIpc) is 2.86. The number of aromatic hydroxyl groups is 2. The number of carboxylic acid groups (broad SMARTS) is 1. The molecule has 0 saturated carbocycles. The second-order valence-electron chi connectivity index (χ2n) is 7.72. The number of benzene rings is 2. The first-order chi connectivity index (χ1) is 15.3. The summed E-state index contributed by atoms with van der Waals surface area (Å²) in [6.45, 7) is 3.92. The highest BCUT2D eigenvalue weighted by molar-refractivity contribution is 6.09. The molecule has 1 heterocycles. The van der Waals surface area contributed by atoms with Gasteiger partial charge in [0.1, 0.15) is 28.4 Å². The predicted molar refractivity (Wildman–Crippen MR) is 115 cm³/mol. The molecule has 0 aromatic heterocycles. The second kappa shape index (κ2) is 9.72. The Kier molecular flexibility index (Phi) is 7.02. The van der Waals surface area contributed by atoms with E-state index < -0.39 is 17.7 Å². The van der Waals surface area contributed by atoms with Crippen molar-refractivity contribution in [2.75, 3.05) is 0 Å². The van der Waals surface area contributed by atoms with E-state index in [2.05, 4.69) is 0 Å². The number of hydrogen-bond donors (Lipinski definition) is 3. The molecule has 0 aliphatic carbocycles. The predicted octanol–water partition coefficient (Wildman–Crippen LogP) is 5.23. The topological polar surface area (TPSA) is 130 Å². The molecule has 2 aromatic rings. The highest BCUT2D eigenvalue weighted by atomic mass is 16.6. The summed E-state index contributed by atoms with van der Waals surface area (Å²) in [5.74, 6) is -3.68. The van der Waals surface area contributed by atoms with Gasteiger partial charge in [-0.15, -0.1) is 0 Å². The molecule has 3 rings (SSSR count). The third-order valence-electron chi connectivity index (χ3n) is 5.33. The molecule has 2 aromatic carbocycles. The van der Waals surface area contributed by atoms with Gasteiger partial charge < -0.3 is 24.8 Å². The lowest BCUT2D eigenvalue weighted by Crippen LogP contribution is -2.14. The second-order valence-corrected chi connectivity index (χ2v) is 7.72. The molecule has 3 N–H and O–H groups in total. The molecule has 170 valence electrons. The fraction of sp³-hybridized carbons (Fsp3) is 0.375. The Morgan fingerprint density at radius 2 is 1.66 bits per heavy atom. The van der Waals surface area contributed by atoms with Crippen molar-refractivity contribution in [1.82, 2.24) is 0 Å². The van der Waals surface area contributed by atoms with Gasteiger partial charge >= 0.3 is 11.9 Å². The van der Waals surface area contributed by atoms with E-state index in [1.165, 1.54) is 12.1 Å². The van der Waals surface area contributed by atoms with Crippen LogP contribution >= 0.6 is 0 Å². The number of esters is 1. The minimum Gasteiger partial charge on any atom is -0.508 e. The highest BCUT2D eigenvalue weighted by Gasteiger charge is 2.33. The normalized spacial score (nSPS) is 12.2. The third kappa shape index (κ3) is 4.54. The number of aromatic carboxylic acids is 1. The smallest absolute Gasteiger partial charge is 0.348 e. The lowest BCUT2D eigenvalue weighted by Gasteiger charge is -2.16. The van der Waals surface area contributed by atoms with Gasteiger partial charge in [-0.25, -0.2) is 9.59 Å². The van der Waals surface area contributed by atoms with Gasteiger partial charge in [0.2, 0.25) is 0 Å². The van der Waals surface area contributed by atoms with Crippen molar-refractivity contribution in [3.05, 3.63) is 40.5 Å². The Bertz CT molecular complexity index is 1070. The number of Topliss-reactive ketones (excluding diaryl/α,β-unsaturated/α-hetero) is 1. The van der Waals surface area contributed by atoms with Crippen molar-refractivity contribution in [2.24, 2.45) is 0 Å². The van der Waals surface area contributed by atoms with Gasteiger partial charge in [0, 0.05) is 29.7 Å². The lowest BCUT2D eigenvalue weighted by molar-refractivity contribution is 0.0691. The van der Waals surface area contributed by atoms with Crippen LogP contribution in [0, 0.1) is 0 Å². The van der Waals surface area contributed by atoms with Crippen LogP contribution in [0.4, 0.5) is 0 Å². The van der Waals surface area contributed by atoms with Crippen LogP contribution in [-0.2, 0) is 6.42 Å². The number of phenols is 2. The zero-order valence-corrected chi connectivity index (χ0v) is 18.1. The lowest BCUT2D eigenvalue weighted by atomic mass is 9.98. The van der Waals surface area contributed by atoms with Crippen LogP contribution in [0.2, 0.25) is 0 Å². The largest absolute Gasteiger partial charge is 0.508 e. The summed E-state index contributed by atoms with van der Waals surface area (Å²) in [4.78, 5) is 37.5. The van der Waals surface area contributed by atoms with E-state index in [9.17, 15) is 29.7 Å². The van der Waals surface area contributed by atoms with Crippen LogP contribution in [0.25, 0.3) is 0 Å². The number of unbranched alkanes of at least 4 members (excludes halogenated alkanes) is 3. The third-order valence-corrected chi connectivity index (χ3v) is 5.33. The van der Waals surface area contributed by atoms with Gasteiger partial charge in [-0.05, 0) is 25.3 Å². The monoisotopic (exact) mass is 442 g/mol. The summed E-state index contributed by atoms with van der Waals surface area (Å²) in [6.07, 6.45) is 4.15. The first kappa shape index (κ1) is 23.1. The summed E-state index contributed by atoms with van der Waals surface area (Å²) < 4.78 is 11.4. The summed E-state index contributed by atoms with van der Waals surface area (Å²) in [5, 5.41) is 30.2. The quantitative estimate of drug-likeness (QED) is 0.208. The van der Waals surface area contributed by atoms with Gasteiger partial charge in [-0.2, -0.15) is 0 Å². The molecule has 0 fully saturated rings. The molecule has 0 unspecified atom stereocenters. The SMILES string of the molecule is CCCCCc1c2c(cc(O)c1C(=O)O)OC(=O)c1c(cc(O)cc1C(=O)CCCC)O2. The van der Waals surface area contributed by atoms with Crippen LogP contribution in [0.3, 0.4) is 0 Å². The molecule has 32 heavy (non-hydrogen) atoms. The van der Waals surface area contributed by atoms with E-state index in [0.717, 1.165) is 25.3 Å². The van der Waals surface area contributed by atoms with Crippen LogP contribution < -0.4 is 9.47 Å². The van der Waals surface area contributed by atoms with Crippen LogP contribution in [0.15, 0.2) is 18.2 Å². The summed E-state index contributed by atoms with van der Waals surface area (Å²) >= 11 is 0.